The third-order valence-electron chi connectivity index (χ3n) is 4.81. The van der Waals surface area contributed by atoms with Crippen LogP contribution in [-0.4, -0.2) is 15.0 Å². The maximum atomic E-state index is 4.79. The summed E-state index contributed by atoms with van der Waals surface area (Å²) in [6, 6.07) is 31.3. The van der Waals surface area contributed by atoms with E-state index in [1.54, 1.807) is 4.80 Å². The lowest BCUT2D eigenvalue weighted by molar-refractivity contribution is 0.547. The van der Waals surface area contributed by atoms with Gasteiger partial charge in [-0.15, -0.1) is 0 Å². The van der Waals surface area contributed by atoms with Crippen molar-refractivity contribution in [1.29, 1.82) is 0 Å². The van der Waals surface area contributed by atoms with Crippen molar-refractivity contribution < 1.29 is 0 Å². The van der Waals surface area contributed by atoms with Crippen molar-refractivity contribution in [2.24, 2.45) is 0 Å². The Hall–Kier alpha value is -3.24. The molecule has 0 spiro atoms. The number of benzene rings is 3. The van der Waals surface area contributed by atoms with Crippen LogP contribution in [0.25, 0.3) is 11.3 Å². The quantitative estimate of drug-likeness (QED) is 0.507. The molecule has 4 nitrogen and oxygen atoms in total. The molecule has 0 saturated carbocycles. The van der Waals surface area contributed by atoms with Crippen LogP contribution in [0, 0.1) is 0 Å². The first-order valence-electron chi connectivity index (χ1n) is 9.61. The van der Waals surface area contributed by atoms with Crippen LogP contribution < -0.4 is 5.32 Å². The Morgan fingerprint density at radius 3 is 2.07 bits per heavy atom. The normalized spacial score (nSPS) is 12.0. The molecule has 0 radical (unpaired) electrons. The Bertz CT molecular complexity index is 995. The van der Waals surface area contributed by atoms with E-state index in [0.29, 0.717) is 13.1 Å². The molecule has 0 fully saturated rings. The predicted molar refractivity (Wildman–Crippen MR) is 113 cm³/mol. The van der Waals surface area contributed by atoms with Crippen LogP contribution >= 0.6 is 0 Å². The largest absolute Gasteiger partial charge is 0.304 e. The van der Waals surface area contributed by atoms with Crippen molar-refractivity contribution in [1.82, 2.24) is 20.3 Å². The van der Waals surface area contributed by atoms with Gasteiger partial charge in [0, 0.05) is 18.2 Å². The zero-order valence-corrected chi connectivity index (χ0v) is 16.0. The standard InChI is InChI=1S/C24H24N4/c1-19(21-13-7-3-8-14-21)25-17-23-24(22-15-9-4-10-16-22)27-28(26-23)18-20-11-5-2-6-12-20/h2-16,19,25H,17-18H2,1H3/t19-/m0/s1. The summed E-state index contributed by atoms with van der Waals surface area (Å²) in [4.78, 5) is 1.79. The van der Waals surface area contributed by atoms with E-state index in [2.05, 4.69) is 60.8 Å². The average molecular weight is 368 g/mol. The van der Waals surface area contributed by atoms with Crippen molar-refractivity contribution in [3.8, 4) is 11.3 Å². The van der Waals surface area contributed by atoms with Crippen LogP contribution in [0.1, 0.15) is 29.8 Å². The highest BCUT2D eigenvalue weighted by atomic mass is 15.5. The summed E-state index contributed by atoms with van der Waals surface area (Å²) in [6.45, 7) is 3.50. The highest BCUT2D eigenvalue weighted by molar-refractivity contribution is 5.60. The van der Waals surface area contributed by atoms with Crippen LogP contribution in [0.2, 0.25) is 0 Å². The van der Waals surface area contributed by atoms with E-state index in [9.17, 15) is 0 Å². The Morgan fingerprint density at radius 1 is 0.786 bits per heavy atom. The summed E-state index contributed by atoms with van der Waals surface area (Å²) in [7, 11) is 0. The van der Waals surface area contributed by atoms with Gasteiger partial charge in [0.05, 0.1) is 6.54 Å². The van der Waals surface area contributed by atoms with Gasteiger partial charge >= 0.3 is 0 Å². The fourth-order valence-corrected chi connectivity index (χ4v) is 3.25. The summed E-state index contributed by atoms with van der Waals surface area (Å²) >= 11 is 0. The van der Waals surface area contributed by atoms with Crippen LogP contribution in [0.3, 0.4) is 0 Å². The Kier molecular flexibility index (Phi) is 5.59. The second-order valence-corrected chi connectivity index (χ2v) is 6.89. The number of rotatable bonds is 7. The van der Waals surface area contributed by atoms with E-state index in [1.807, 2.05) is 42.5 Å². The van der Waals surface area contributed by atoms with Gasteiger partial charge in [-0.2, -0.15) is 15.0 Å². The van der Waals surface area contributed by atoms with Crippen molar-refractivity contribution in [2.75, 3.05) is 0 Å². The third kappa shape index (κ3) is 4.35. The van der Waals surface area contributed by atoms with Gasteiger partial charge in [0.2, 0.25) is 0 Å². The Morgan fingerprint density at radius 2 is 1.39 bits per heavy atom. The molecular formula is C24H24N4. The Balaban J connectivity index is 1.57. The molecule has 4 aromatic rings. The molecule has 0 saturated heterocycles. The number of hydrogen-bond donors (Lipinski definition) is 1. The van der Waals surface area contributed by atoms with Gasteiger partial charge in [0.15, 0.2) is 0 Å². The first-order valence-corrected chi connectivity index (χ1v) is 9.61. The molecule has 28 heavy (non-hydrogen) atoms. The summed E-state index contributed by atoms with van der Waals surface area (Å²) in [5, 5.41) is 13.2. The van der Waals surface area contributed by atoms with E-state index in [1.165, 1.54) is 11.1 Å². The van der Waals surface area contributed by atoms with Gasteiger partial charge in [-0.1, -0.05) is 91.0 Å². The fraction of sp³-hybridized carbons (Fsp3) is 0.167. The lowest BCUT2D eigenvalue weighted by Crippen LogP contribution is -2.19. The van der Waals surface area contributed by atoms with E-state index in [4.69, 9.17) is 10.2 Å². The van der Waals surface area contributed by atoms with Crippen molar-refractivity contribution in [2.45, 2.75) is 26.1 Å². The molecule has 1 atom stereocenters. The monoisotopic (exact) mass is 368 g/mol. The van der Waals surface area contributed by atoms with Gasteiger partial charge in [-0.25, -0.2) is 0 Å². The predicted octanol–water partition coefficient (Wildman–Crippen LogP) is 4.84. The lowest BCUT2D eigenvalue weighted by Gasteiger charge is -2.13. The van der Waals surface area contributed by atoms with Crippen LogP contribution in [0.4, 0.5) is 0 Å². The van der Waals surface area contributed by atoms with Crippen LogP contribution in [0.15, 0.2) is 91.0 Å². The highest BCUT2D eigenvalue weighted by Gasteiger charge is 2.14. The number of aromatic nitrogens is 3. The van der Waals surface area contributed by atoms with E-state index >= 15 is 0 Å². The highest BCUT2D eigenvalue weighted by Crippen LogP contribution is 2.21. The second kappa shape index (κ2) is 8.63. The van der Waals surface area contributed by atoms with Gasteiger partial charge < -0.3 is 5.32 Å². The van der Waals surface area contributed by atoms with E-state index < -0.39 is 0 Å². The molecule has 0 aliphatic heterocycles. The Labute approximate surface area is 165 Å². The molecule has 1 heterocycles. The molecule has 1 aromatic heterocycles. The zero-order valence-electron chi connectivity index (χ0n) is 16.0. The fourth-order valence-electron chi connectivity index (χ4n) is 3.25. The zero-order chi connectivity index (χ0) is 19.2. The second-order valence-electron chi connectivity index (χ2n) is 6.89. The average Bonchev–Trinajstić information content (AvgIpc) is 3.16. The summed E-state index contributed by atoms with van der Waals surface area (Å²) in [5.74, 6) is 0. The summed E-state index contributed by atoms with van der Waals surface area (Å²) < 4.78 is 0. The molecule has 0 unspecified atom stereocenters. The molecule has 0 aliphatic rings. The molecule has 0 amide bonds. The van der Waals surface area contributed by atoms with Gasteiger partial charge in [-0.05, 0) is 18.1 Å². The van der Waals surface area contributed by atoms with Crippen LogP contribution in [0.5, 0.6) is 0 Å². The molecule has 4 heteroatoms. The van der Waals surface area contributed by atoms with Gasteiger partial charge in [0.1, 0.15) is 11.4 Å². The molecule has 0 aliphatic carbocycles. The first kappa shape index (κ1) is 18.1. The summed E-state index contributed by atoms with van der Waals surface area (Å²) in [6.07, 6.45) is 0. The molecule has 1 N–H and O–H groups in total. The number of nitrogens with zero attached hydrogens (tertiary/aromatic N) is 3. The number of nitrogens with one attached hydrogen (secondary N) is 1. The molecule has 0 bridgehead atoms. The minimum absolute atomic E-state index is 0.240. The third-order valence-corrected chi connectivity index (χ3v) is 4.81. The number of hydrogen-bond acceptors (Lipinski definition) is 3. The van der Waals surface area contributed by atoms with Crippen LogP contribution in [-0.2, 0) is 13.1 Å². The smallest absolute Gasteiger partial charge is 0.117 e. The maximum absolute atomic E-state index is 4.79. The van der Waals surface area contributed by atoms with E-state index in [0.717, 1.165) is 17.0 Å². The maximum Gasteiger partial charge on any atom is 0.117 e. The summed E-state index contributed by atoms with van der Waals surface area (Å²) in [5.41, 5.74) is 5.44. The first-order chi connectivity index (χ1) is 13.8. The molecule has 3 aromatic carbocycles. The minimum Gasteiger partial charge on any atom is -0.304 e. The van der Waals surface area contributed by atoms with Crippen molar-refractivity contribution in [3.05, 3.63) is 108 Å². The SMILES string of the molecule is C[C@H](NCc1nn(Cc2ccccc2)nc1-c1ccccc1)c1ccccc1. The minimum atomic E-state index is 0.240. The molecule has 4 rings (SSSR count). The van der Waals surface area contributed by atoms with E-state index in [-0.39, 0.29) is 6.04 Å². The topological polar surface area (TPSA) is 42.7 Å². The van der Waals surface area contributed by atoms with Gasteiger partial charge in [0.25, 0.3) is 0 Å². The molecular weight excluding hydrogens is 344 g/mol. The lowest BCUT2D eigenvalue weighted by atomic mass is 10.1. The van der Waals surface area contributed by atoms with Crippen molar-refractivity contribution in [3.63, 3.8) is 0 Å². The molecule has 140 valence electrons. The van der Waals surface area contributed by atoms with Gasteiger partial charge in [-0.3, -0.25) is 0 Å². The van der Waals surface area contributed by atoms with Crippen molar-refractivity contribution >= 4 is 0 Å².